The van der Waals surface area contributed by atoms with Crippen LogP contribution in [0, 0.1) is 5.41 Å². The minimum Gasteiger partial charge on any atom is -0.368 e. The molecule has 1 aromatic heterocycles. The van der Waals surface area contributed by atoms with E-state index < -0.39 is 0 Å². The molecule has 1 fully saturated rings. The zero-order chi connectivity index (χ0) is 12.3. The first-order chi connectivity index (χ1) is 8.09. The second-order valence-electron chi connectivity index (χ2n) is 5.06. The van der Waals surface area contributed by atoms with E-state index in [2.05, 4.69) is 22.2 Å². The van der Waals surface area contributed by atoms with Crippen molar-refractivity contribution in [2.75, 3.05) is 11.9 Å². The smallest absolute Gasteiger partial charge is 0.224 e. The Balaban J connectivity index is 1.99. The molecule has 0 spiro atoms. The third-order valence-corrected chi connectivity index (χ3v) is 3.92. The summed E-state index contributed by atoms with van der Waals surface area (Å²) in [5.74, 6) is 0.637. The van der Waals surface area contributed by atoms with Gasteiger partial charge in [0.2, 0.25) is 5.28 Å². The molecule has 0 aliphatic heterocycles. The van der Waals surface area contributed by atoms with E-state index in [-0.39, 0.29) is 5.28 Å². The Hall–Kier alpha value is -0.540. The quantitative estimate of drug-likeness (QED) is 0.841. The molecule has 1 N–H and O–H groups in total. The van der Waals surface area contributed by atoms with Crippen molar-refractivity contribution in [2.45, 2.75) is 39.0 Å². The van der Waals surface area contributed by atoms with Crippen LogP contribution in [0.5, 0.6) is 0 Å². The Morgan fingerprint density at radius 2 is 2.00 bits per heavy atom. The van der Waals surface area contributed by atoms with Crippen LogP contribution in [0.15, 0.2) is 6.20 Å². The van der Waals surface area contributed by atoms with Gasteiger partial charge < -0.3 is 5.32 Å². The highest BCUT2D eigenvalue weighted by atomic mass is 35.5. The van der Waals surface area contributed by atoms with Gasteiger partial charge >= 0.3 is 0 Å². The van der Waals surface area contributed by atoms with Crippen LogP contribution in [-0.4, -0.2) is 16.5 Å². The monoisotopic (exact) mass is 273 g/mol. The molecule has 0 atom stereocenters. The maximum absolute atomic E-state index is 6.01. The van der Waals surface area contributed by atoms with Gasteiger partial charge in [-0.15, -0.1) is 0 Å². The Kier molecular flexibility index (Phi) is 4.10. The van der Waals surface area contributed by atoms with Gasteiger partial charge in [-0.3, -0.25) is 0 Å². The molecule has 1 saturated carbocycles. The van der Waals surface area contributed by atoms with Crippen LogP contribution in [0.1, 0.15) is 39.0 Å². The average molecular weight is 274 g/mol. The Bertz CT molecular complexity index is 389. The van der Waals surface area contributed by atoms with E-state index in [1.165, 1.54) is 38.3 Å². The van der Waals surface area contributed by atoms with Crippen LogP contribution >= 0.6 is 23.2 Å². The topological polar surface area (TPSA) is 37.8 Å². The van der Waals surface area contributed by atoms with Crippen molar-refractivity contribution in [3.63, 3.8) is 0 Å². The molecule has 2 rings (SSSR count). The number of hydrogen-bond donors (Lipinski definition) is 1. The summed E-state index contributed by atoms with van der Waals surface area (Å²) in [5, 5.41) is 4.05. The molecular formula is C12H17Cl2N3. The summed E-state index contributed by atoms with van der Waals surface area (Å²) in [6.07, 6.45) is 8.04. The molecule has 0 unspecified atom stereocenters. The molecule has 0 aromatic carbocycles. The maximum Gasteiger partial charge on any atom is 0.224 e. The fourth-order valence-electron chi connectivity index (χ4n) is 2.35. The van der Waals surface area contributed by atoms with Gasteiger partial charge in [0.05, 0.1) is 6.20 Å². The molecule has 0 bridgehead atoms. The van der Waals surface area contributed by atoms with Crippen LogP contribution in [0.2, 0.25) is 10.3 Å². The summed E-state index contributed by atoms with van der Waals surface area (Å²) in [7, 11) is 0. The van der Waals surface area contributed by atoms with Gasteiger partial charge in [-0.2, -0.15) is 4.98 Å². The second kappa shape index (κ2) is 5.40. The minimum absolute atomic E-state index is 0.227. The van der Waals surface area contributed by atoms with Gasteiger partial charge in [0.15, 0.2) is 0 Å². The van der Waals surface area contributed by atoms with Crippen molar-refractivity contribution in [1.82, 2.24) is 9.97 Å². The number of nitrogens with one attached hydrogen (secondary N) is 1. The van der Waals surface area contributed by atoms with E-state index in [0.717, 1.165) is 6.54 Å². The minimum atomic E-state index is 0.227. The molecule has 0 radical (unpaired) electrons. The molecule has 1 aliphatic carbocycles. The van der Waals surface area contributed by atoms with Crippen LogP contribution in [-0.2, 0) is 0 Å². The molecule has 1 heterocycles. The van der Waals surface area contributed by atoms with Crippen molar-refractivity contribution < 1.29 is 0 Å². The van der Waals surface area contributed by atoms with Gasteiger partial charge in [-0.1, -0.05) is 37.8 Å². The Labute approximate surface area is 112 Å². The molecular weight excluding hydrogens is 257 g/mol. The molecule has 1 aliphatic rings. The zero-order valence-corrected chi connectivity index (χ0v) is 11.5. The van der Waals surface area contributed by atoms with Crippen molar-refractivity contribution in [3.8, 4) is 0 Å². The molecule has 5 heteroatoms. The highest BCUT2D eigenvalue weighted by molar-refractivity contribution is 6.33. The van der Waals surface area contributed by atoms with Crippen molar-refractivity contribution >= 4 is 29.0 Å². The summed E-state index contributed by atoms with van der Waals surface area (Å²) >= 11 is 11.8. The summed E-state index contributed by atoms with van der Waals surface area (Å²) in [4.78, 5) is 7.93. The number of hydrogen-bond acceptors (Lipinski definition) is 3. The standard InChI is InChI=1S/C12H17Cl2N3/c1-12(5-3-2-4-6-12)8-16-10-9(13)7-15-11(14)17-10/h7H,2-6,8H2,1H3,(H,15,16,17). The normalized spacial score (nSPS) is 19.0. The number of halogens is 2. The summed E-state index contributed by atoms with van der Waals surface area (Å²) in [5.41, 5.74) is 0.346. The Morgan fingerprint density at radius 3 is 2.71 bits per heavy atom. The van der Waals surface area contributed by atoms with Crippen LogP contribution in [0.4, 0.5) is 5.82 Å². The fraction of sp³-hybridized carbons (Fsp3) is 0.667. The van der Waals surface area contributed by atoms with E-state index in [4.69, 9.17) is 23.2 Å². The summed E-state index contributed by atoms with van der Waals surface area (Å²) < 4.78 is 0. The number of aromatic nitrogens is 2. The van der Waals surface area contributed by atoms with Crippen LogP contribution < -0.4 is 5.32 Å². The number of nitrogens with zero attached hydrogens (tertiary/aromatic N) is 2. The lowest BCUT2D eigenvalue weighted by Gasteiger charge is -2.33. The second-order valence-corrected chi connectivity index (χ2v) is 5.81. The molecule has 0 saturated heterocycles. The van der Waals surface area contributed by atoms with E-state index in [9.17, 15) is 0 Å². The lowest BCUT2D eigenvalue weighted by atomic mass is 9.76. The molecule has 0 amide bonds. The average Bonchev–Trinajstić information content (AvgIpc) is 2.31. The number of rotatable bonds is 3. The first-order valence-corrected chi connectivity index (χ1v) is 6.77. The lowest BCUT2D eigenvalue weighted by molar-refractivity contribution is 0.233. The van der Waals surface area contributed by atoms with Gasteiger partial charge in [0.1, 0.15) is 10.8 Å². The van der Waals surface area contributed by atoms with Gasteiger partial charge in [0, 0.05) is 6.54 Å². The molecule has 3 nitrogen and oxygen atoms in total. The van der Waals surface area contributed by atoms with Gasteiger partial charge in [-0.05, 0) is 29.9 Å². The highest BCUT2D eigenvalue weighted by Gasteiger charge is 2.26. The first kappa shape index (κ1) is 12.9. The van der Waals surface area contributed by atoms with E-state index in [0.29, 0.717) is 16.3 Å². The van der Waals surface area contributed by atoms with Gasteiger partial charge in [0.25, 0.3) is 0 Å². The third-order valence-electron chi connectivity index (χ3n) is 3.46. The summed E-state index contributed by atoms with van der Waals surface area (Å²) in [6.45, 7) is 3.20. The zero-order valence-electron chi connectivity index (χ0n) is 9.97. The highest BCUT2D eigenvalue weighted by Crippen LogP contribution is 2.36. The van der Waals surface area contributed by atoms with Crippen LogP contribution in [0.3, 0.4) is 0 Å². The van der Waals surface area contributed by atoms with E-state index in [1.54, 1.807) is 0 Å². The first-order valence-electron chi connectivity index (χ1n) is 6.01. The third kappa shape index (κ3) is 3.46. The maximum atomic E-state index is 6.01. The molecule has 17 heavy (non-hydrogen) atoms. The predicted octanol–water partition coefficient (Wildman–Crippen LogP) is 4.17. The Morgan fingerprint density at radius 1 is 1.29 bits per heavy atom. The van der Waals surface area contributed by atoms with Gasteiger partial charge in [-0.25, -0.2) is 4.98 Å². The van der Waals surface area contributed by atoms with E-state index in [1.807, 2.05) is 0 Å². The fourth-order valence-corrected chi connectivity index (χ4v) is 2.64. The summed E-state index contributed by atoms with van der Waals surface area (Å²) in [6, 6.07) is 0. The van der Waals surface area contributed by atoms with Crippen molar-refractivity contribution in [2.24, 2.45) is 5.41 Å². The predicted molar refractivity (Wildman–Crippen MR) is 71.7 cm³/mol. The number of anilines is 1. The SMILES string of the molecule is CC1(CNc2nc(Cl)ncc2Cl)CCCCC1. The molecule has 94 valence electrons. The van der Waals surface area contributed by atoms with E-state index >= 15 is 0 Å². The molecule has 1 aromatic rings. The van der Waals surface area contributed by atoms with Crippen LogP contribution in [0.25, 0.3) is 0 Å². The lowest BCUT2D eigenvalue weighted by Crippen LogP contribution is -2.29. The van der Waals surface area contributed by atoms with Crippen molar-refractivity contribution in [3.05, 3.63) is 16.5 Å². The largest absolute Gasteiger partial charge is 0.368 e. The van der Waals surface area contributed by atoms with Crippen molar-refractivity contribution in [1.29, 1.82) is 0 Å².